The second kappa shape index (κ2) is 5.99. The molecule has 4 rings (SSSR count). The maximum Gasteiger partial charge on any atom is 0.278 e. The number of anilines is 1. The molecule has 0 unspecified atom stereocenters. The lowest BCUT2D eigenvalue weighted by Gasteiger charge is -2.11. The molecule has 0 radical (unpaired) electrons. The number of hydrogen-bond donors (Lipinski definition) is 1. The van der Waals surface area contributed by atoms with Crippen molar-refractivity contribution in [3.05, 3.63) is 58.8 Å². The van der Waals surface area contributed by atoms with Gasteiger partial charge in [0.05, 0.1) is 0 Å². The van der Waals surface area contributed by atoms with Crippen LogP contribution in [0.5, 0.6) is 0 Å². The maximum absolute atomic E-state index is 12.9. The average Bonchev–Trinajstić information content (AvgIpc) is 3.20. The zero-order valence-corrected chi connectivity index (χ0v) is 14.8. The quantitative estimate of drug-likeness (QED) is 0.790. The molecule has 0 aliphatic heterocycles. The van der Waals surface area contributed by atoms with Crippen LogP contribution in [0.2, 0.25) is 0 Å². The number of carbonyl (C=O) groups is 1. The van der Waals surface area contributed by atoms with Gasteiger partial charge in [0, 0.05) is 17.1 Å². The number of aryl methyl sites for hydroxylation is 2. The molecule has 0 saturated heterocycles. The number of rotatable bonds is 3. The van der Waals surface area contributed by atoms with Gasteiger partial charge in [-0.3, -0.25) is 9.20 Å². The lowest BCUT2D eigenvalue weighted by atomic mass is 10.1. The first-order valence-electron chi connectivity index (χ1n) is 8.81. The van der Waals surface area contributed by atoms with Crippen LogP contribution < -0.4 is 5.32 Å². The fourth-order valence-electron chi connectivity index (χ4n) is 3.64. The van der Waals surface area contributed by atoms with E-state index in [0.717, 1.165) is 36.3 Å². The third-order valence-corrected chi connectivity index (χ3v) is 4.86. The monoisotopic (exact) mass is 334 g/mol. The second-order valence-corrected chi connectivity index (χ2v) is 7.01. The Kier molecular flexibility index (Phi) is 3.79. The van der Waals surface area contributed by atoms with E-state index in [1.54, 1.807) is 6.33 Å². The minimum Gasteiger partial charge on any atom is -0.320 e. The highest BCUT2D eigenvalue weighted by Gasteiger charge is 2.20. The summed E-state index contributed by atoms with van der Waals surface area (Å²) in [7, 11) is 0. The van der Waals surface area contributed by atoms with E-state index in [1.807, 2.05) is 29.5 Å². The first-order valence-corrected chi connectivity index (χ1v) is 8.81. The molecule has 1 amide bonds. The highest BCUT2D eigenvalue weighted by Crippen LogP contribution is 2.29. The van der Waals surface area contributed by atoms with E-state index in [1.165, 1.54) is 11.1 Å². The molecule has 0 spiro atoms. The van der Waals surface area contributed by atoms with Gasteiger partial charge < -0.3 is 5.32 Å². The standard InChI is InChI=1S/C20H22N4O/c1-12(2)17-10-13(3)22-19-18(21-11-24(17)19)20(25)23-16-9-5-7-14-6-4-8-15(14)16/h5,7,9-12H,4,6,8H2,1-3H3,(H,23,25). The zero-order valence-electron chi connectivity index (χ0n) is 14.8. The fourth-order valence-corrected chi connectivity index (χ4v) is 3.64. The van der Waals surface area contributed by atoms with Crippen LogP contribution in [0, 0.1) is 6.92 Å². The molecule has 2 aromatic heterocycles. The molecule has 5 nitrogen and oxygen atoms in total. The Morgan fingerprint density at radius 2 is 2.12 bits per heavy atom. The topological polar surface area (TPSA) is 59.3 Å². The fraction of sp³-hybridized carbons (Fsp3) is 0.350. The number of imidazole rings is 1. The largest absolute Gasteiger partial charge is 0.320 e. The van der Waals surface area contributed by atoms with E-state index in [4.69, 9.17) is 0 Å². The summed E-state index contributed by atoms with van der Waals surface area (Å²) < 4.78 is 1.92. The molecular weight excluding hydrogens is 312 g/mol. The first kappa shape index (κ1) is 15.8. The van der Waals surface area contributed by atoms with Crippen LogP contribution in [0.15, 0.2) is 30.6 Å². The number of amides is 1. The molecule has 128 valence electrons. The molecule has 1 aliphatic carbocycles. The van der Waals surface area contributed by atoms with Crippen LogP contribution >= 0.6 is 0 Å². The van der Waals surface area contributed by atoms with Crippen molar-refractivity contribution in [3.63, 3.8) is 0 Å². The third-order valence-electron chi connectivity index (χ3n) is 4.86. The molecule has 1 aromatic carbocycles. The molecule has 25 heavy (non-hydrogen) atoms. The maximum atomic E-state index is 12.9. The first-order chi connectivity index (χ1) is 12.0. The normalized spacial score (nSPS) is 13.4. The molecular formula is C20H22N4O. The lowest BCUT2D eigenvalue weighted by Crippen LogP contribution is -2.15. The summed E-state index contributed by atoms with van der Waals surface area (Å²) in [5.41, 5.74) is 6.49. The van der Waals surface area contributed by atoms with Crippen LogP contribution in [-0.4, -0.2) is 20.3 Å². The van der Waals surface area contributed by atoms with Crippen LogP contribution in [-0.2, 0) is 12.8 Å². The van der Waals surface area contributed by atoms with Gasteiger partial charge in [-0.25, -0.2) is 9.97 Å². The predicted molar refractivity (Wildman–Crippen MR) is 98.2 cm³/mol. The second-order valence-electron chi connectivity index (χ2n) is 7.01. The smallest absolute Gasteiger partial charge is 0.278 e. The Bertz CT molecular complexity index is 971. The summed E-state index contributed by atoms with van der Waals surface area (Å²) in [6.45, 7) is 6.20. The van der Waals surface area contributed by atoms with E-state index in [-0.39, 0.29) is 5.91 Å². The van der Waals surface area contributed by atoms with E-state index in [2.05, 4.69) is 35.2 Å². The van der Waals surface area contributed by atoms with Gasteiger partial charge in [-0.1, -0.05) is 26.0 Å². The molecule has 2 heterocycles. The minimum absolute atomic E-state index is 0.199. The number of nitrogens with one attached hydrogen (secondary N) is 1. The van der Waals surface area contributed by atoms with Gasteiger partial charge in [0.1, 0.15) is 6.33 Å². The number of nitrogens with zero attached hydrogens (tertiary/aromatic N) is 3. The van der Waals surface area contributed by atoms with Crippen molar-refractivity contribution in [3.8, 4) is 0 Å². The van der Waals surface area contributed by atoms with Crippen molar-refractivity contribution in [2.24, 2.45) is 0 Å². The molecule has 5 heteroatoms. The van der Waals surface area contributed by atoms with Gasteiger partial charge >= 0.3 is 0 Å². The van der Waals surface area contributed by atoms with E-state index < -0.39 is 0 Å². The Morgan fingerprint density at radius 1 is 1.28 bits per heavy atom. The van der Waals surface area contributed by atoms with E-state index in [0.29, 0.717) is 17.3 Å². The number of fused-ring (bicyclic) bond motifs is 2. The Morgan fingerprint density at radius 3 is 2.92 bits per heavy atom. The van der Waals surface area contributed by atoms with Crippen LogP contribution in [0.3, 0.4) is 0 Å². The summed E-state index contributed by atoms with van der Waals surface area (Å²) in [5.74, 6) is 0.127. The van der Waals surface area contributed by atoms with Crippen molar-refractivity contribution in [2.45, 2.75) is 46.0 Å². The minimum atomic E-state index is -0.199. The summed E-state index contributed by atoms with van der Waals surface area (Å²) in [6, 6.07) is 8.16. The van der Waals surface area contributed by atoms with E-state index >= 15 is 0 Å². The SMILES string of the molecule is Cc1cc(C(C)C)n2cnc(C(=O)Nc3cccc4c3CCC4)c2n1. The van der Waals surface area contributed by atoms with Crippen molar-refractivity contribution in [1.29, 1.82) is 0 Å². The average molecular weight is 334 g/mol. The van der Waals surface area contributed by atoms with Crippen LogP contribution in [0.4, 0.5) is 5.69 Å². The van der Waals surface area contributed by atoms with Gasteiger partial charge in [-0.05, 0) is 55.4 Å². The molecule has 0 fully saturated rings. The van der Waals surface area contributed by atoms with Gasteiger partial charge in [-0.2, -0.15) is 0 Å². The number of aromatic nitrogens is 3. The highest BCUT2D eigenvalue weighted by atomic mass is 16.1. The molecule has 0 bridgehead atoms. The molecule has 3 aromatic rings. The summed E-state index contributed by atoms with van der Waals surface area (Å²) >= 11 is 0. The molecule has 1 N–H and O–H groups in total. The van der Waals surface area contributed by atoms with Crippen molar-refractivity contribution in [2.75, 3.05) is 5.32 Å². The molecule has 0 saturated carbocycles. The van der Waals surface area contributed by atoms with Crippen molar-refractivity contribution in [1.82, 2.24) is 14.4 Å². The number of benzene rings is 1. The summed E-state index contributed by atoms with van der Waals surface area (Å²) in [6.07, 6.45) is 4.95. The molecule has 0 atom stereocenters. The highest BCUT2D eigenvalue weighted by molar-refractivity contribution is 6.07. The predicted octanol–water partition coefficient (Wildman–Crippen LogP) is 3.90. The Labute approximate surface area is 147 Å². The van der Waals surface area contributed by atoms with Gasteiger partial charge in [0.15, 0.2) is 11.3 Å². The van der Waals surface area contributed by atoms with Crippen molar-refractivity contribution >= 4 is 17.2 Å². The third kappa shape index (κ3) is 2.69. The number of carbonyl (C=O) groups excluding carboxylic acids is 1. The Balaban J connectivity index is 1.73. The van der Waals surface area contributed by atoms with Crippen LogP contribution in [0.1, 0.15) is 59.2 Å². The molecule has 1 aliphatic rings. The van der Waals surface area contributed by atoms with Gasteiger partial charge in [0.2, 0.25) is 0 Å². The zero-order chi connectivity index (χ0) is 17.6. The Hall–Kier alpha value is -2.69. The van der Waals surface area contributed by atoms with Gasteiger partial charge in [-0.15, -0.1) is 0 Å². The summed E-state index contributed by atoms with van der Waals surface area (Å²) in [4.78, 5) is 21.8. The van der Waals surface area contributed by atoms with Crippen LogP contribution in [0.25, 0.3) is 5.65 Å². The van der Waals surface area contributed by atoms with Crippen molar-refractivity contribution < 1.29 is 4.79 Å². The number of hydrogen-bond acceptors (Lipinski definition) is 3. The van der Waals surface area contributed by atoms with Gasteiger partial charge in [0.25, 0.3) is 5.91 Å². The lowest BCUT2D eigenvalue weighted by molar-refractivity contribution is 0.102. The van der Waals surface area contributed by atoms with E-state index in [9.17, 15) is 4.79 Å². The summed E-state index contributed by atoms with van der Waals surface area (Å²) in [5, 5.41) is 3.05.